The van der Waals surface area contributed by atoms with Crippen LogP contribution in [0.5, 0.6) is 0 Å². The van der Waals surface area contributed by atoms with Gasteiger partial charge >= 0.3 is 6.03 Å². The number of amides is 3. The first-order chi connectivity index (χ1) is 10.5. The molecule has 0 spiro atoms. The Morgan fingerprint density at radius 3 is 2.45 bits per heavy atom. The van der Waals surface area contributed by atoms with Crippen LogP contribution in [0.2, 0.25) is 0 Å². The fraction of sp³-hybridized carbons (Fsp3) is 0.500. The highest BCUT2D eigenvalue weighted by Gasteiger charge is 2.27. The topological polar surface area (TPSA) is 75.4 Å². The molecule has 0 unspecified atom stereocenters. The average Bonchev–Trinajstić information content (AvgIpc) is 2.49. The molecule has 1 aliphatic heterocycles. The minimum atomic E-state index is -0.817. The number of nitrogens with zero attached hydrogens (tertiary/aromatic N) is 1. The molecule has 120 valence electrons. The van der Waals surface area contributed by atoms with Gasteiger partial charge in [0.15, 0.2) is 0 Å². The number of primary amides is 1. The van der Waals surface area contributed by atoms with Crippen molar-refractivity contribution < 1.29 is 14.0 Å². The lowest BCUT2D eigenvalue weighted by Gasteiger charge is -2.35. The molecule has 0 bridgehead atoms. The van der Waals surface area contributed by atoms with Crippen molar-refractivity contribution in [3.63, 3.8) is 0 Å². The highest BCUT2D eigenvalue weighted by Crippen LogP contribution is 2.23. The second-order valence-corrected chi connectivity index (χ2v) is 5.84. The molecule has 1 heterocycles. The van der Waals surface area contributed by atoms with Gasteiger partial charge in [-0.1, -0.05) is 12.1 Å². The second kappa shape index (κ2) is 7.35. The third-order valence-electron chi connectivity index (χ3n) is 4.26. The van der Waals surface area contributed by atoms with E-state index in [-0.39, 0.29) is 17.8 Å². The molecule has 0 aromatic heterocycles. The van der Waals surface area contributed by atoms with Crippen LogP contribution in [-0.2, 0) is 11.2 Å². The molecule has 1 aliphatic rings. The fourth-order valence-electron chi connectivity index (χ4n) is 2.89. The summed E-state index contributed by atoms with van der Waals surface area (Å²) in [6.45, 7) is 3.39. The maximum atomic E-state index is 12.9. The van der Waals surface area contributed by atoms with E-state index in [2.05, 4.69) is 10.2 Å². The molecular weight excluding hydrogens is 285 g/mol. The Balaban J connectivity index is 1.81. The van der Waals surface area contributed by atoms with E-state index in [4.69, 9.17) is 5.73 Å². The lowest BCUT2D eigenvalue weighted by molar-refractivity contribution is -0.125. The number of rotatable bonds is 4. The molecule has 0 aliphatic carbocycles. The lowest BCUT2D eigenvalue weighted by atomic mass is 9.89. The Bertz CT molecular complexity index is 525. The Morgan fingerprint density at radius 1 is 1.32 bits per heavy atom. The van der Waals surface area contributed by atoms with Crippen LogP contribution in [0.25, 0.3) is 0 Å². The van der Waals surface area contributed by atoms with E-state index in [0.29, 0.717) is 5.92 Å². The molecule has 6 heteroatoms. The van der Waals surface area contributed by atoms with Crippen LogP contribution in [0.15, 0.2) is 24.3 Å². The number of urea groups is 1. The first-order valence-electron chi connectivity index (χ1n) is 7.54. The molecule has 22 heavy (non-hydrogen) atoms. The Kier molecular flexibility index (Phi) is 5.49. The third kappa shape index (κ3) is 4.53. The molecular formula is C16H22FN3O2. The molecule has 1 aromatic carbocycles. The summed E-state index contributed by atoms with van der Waals surface area (Å²) in [5.74, 6) is -0.0366. The fourth-order valence-corrected chi connectivity index (χ4v) is 2.89. The summed E-state index contributed by atoms with van der Waals surface area (Å²) in [6, 6.07) is 5.44. The number of hydrogen-bond donors (Lipinski definition) is 2. The van der Waals surface area contributed by atoms with Crippen LogP contribution < -0.4 is 11.1 Å². The largest absolute Gasteiger partial charge is 0.351 e. The van der Waals surface area contributed by atoms with E-state index in [0.717, 1.165) is 37.9 Å². The van der Waals surface area contributed by atoms with Crippen LogP contribution >= 0.6 is 0 Å². The molecule has 5 nitrogen and oxygen atoms in total. The zero-order valence-electron chi connectivity index (χ0n) is 12.7. The van der Waals surface area contributed by atoms with Crippen LogP contribution in [0, 0.1) is 11.7 Å². The molecule has 1 fully saturated rings. The maximum absolute atomic E-state index is 12.9. The number of nitrogens with two attached hydrogens (primary N) is 1. The van der Waals surface area contributed by atoms with Gasteiger partial charge in [-0.3, -0.25) is 15.0 Å². The standard InChI is InChI=1S/C16H22FN3O2/c1-11(15(21)19-16(18)22)20-8-6-13(7-9-20)10-12-2-4-14(17)5-3-12/h2-5,11,13H,6-10H2,1H3,(H3,18,19,21,22)/t11-/m1/s1. The Morgan fingerprint density at radius 2 is 1.91 bits per heavy atom. The summed E-state index contributed by atoms with van der Waals surface area (Å²) in [5.41, 5.74) is 6.10. The maximum Gasteiger partial charge on any atom is 0.318 e. The minimum Gasteiger partial charge on any atom is -0.351 e. The van der Waals surface area contributed by atoms with Crippen LogP contribution in [0.3, 0.4) is 0 Å². The molecule has 1 aromatic rings. The van der Waals surface area contributed by atoms with Crippen molar-refractivity contribution in [2.45, 2.75) is 32.2 Å². The van der Waals surface area contributed by atoms with Crippen LogP contribution in [-0.4, -0.2) is 36.0 Å². The van der Waals surface area contributed by atoms with E-state index in [1.54, 1.807) is 6.92 Å². The van der Waals surface area contributed by atoms with Gasteiger partial charge in [-0.25, -0.2) is 9.18 Å². The van der Waals surface area contributed by atoms with Gasteiger partial charge in [-0.05, 0) is 62.9 Å². The molecule has 2 rings (SSSR count). The third-order valence-corrected chi connectivity index (χ3v) is 4.26. The molecule has 1 saturated heterocycles. The summed E-state index contributed by atoms with van der Waals surface area (Å²) in [7, 11) is 0. The first kappa shape index (κ1) is 16.4. The van der Waals surface area contributed by atoms with Gasteiger partial charge in [0, 0.05) is 0 Å². The van der Waals surface area contributed by atoms with Crippen molar-refractivity contribution in [1.29, 1.82) is 0 Å². The number of imide groups is 1. The predicted molar refractivity (Wildman–Crippen MR) is 81.6 cm³/mol. The monoisotopic (exact) mass is 307 g/mol. The van der Waals surface area contributed by atoms with Crippen molar-refractivity contribution in [2.24, 2.45) is 11.7 Å². The normalized spacial score (nSPS) is 17.9. The molecule has 0 saturated carbocycles. The van der Waals surface area contributed by atoms with Crippen LogP contribution in [0.1, 0.15) is 25.3 Å². The molecule has 3 N–H and O–H groups in total. The van der Waals surface area contributed by atoms with Gasteiger partial charge in [-0.2, -0.15) is 0 Å². The van der Waals surface area contributed by atoms with Crippen molar-refractivity contribution in [1.82, 2.24) is 10.2 Å². The summed E-state index contributed by atoms with van der Waals surface area (Å²) < 4.78 is 12.9. The number of likely N-dealkylation sites (tertiary alicyclic amines) is 1. The van der Waals surface area contributed by atoms with Crippen molar-refractivity contribution >= 4 is 11.9 Å². The van der Waals surface area contributed by atoms with E-state index < -0.39 is 6.03 Å². The zero-order chi connectivity index (χ0) is 16.1. The smallest absolute Gasteiger partial charge is 0.318 e. The van der Waals surface area contributed by atoms with Gasteiger partial charge in [-0.15, -0.1) is 0 Å². The van der Waals surface area contributed by atoms with Crippen molar-refractivity contribution in [3.05, 3.63) is 35.6 Å². The summed E-state index contributed by atoms with van der Waals surface area (Å²) in [4.78, 5) is 24.5. The number of benzene rings is 1. The quantitative estimate of drug-likeness (QED) is 0.888. The molecule has 3 amide bonds. The van der Waals surface area contributed by atoms with Gasteiger partial charge in [0.2, 0.25) is 5.91 Å². The highest BCUT2D eigenvalue weighted by atomic mass is 19.1. The second-order valence-electron chi connectivity index (χ2n) is 5.84. The SMILES string of the molecule is C[C@H](C(=O)NC(N)=O)N1CCC(Cc2ccc(F)cc2)CC1. The minimum absolute atomic E-state index is 0.215. The predicted octanol–water partition coefficient (Wildman–Crippen LogP) is 1.66. The lowest BCUT2D eigenvalue weighted by Crippen LogP contribution is -2.50. The number of piperidine rings is 1. The van der Waals surface area contributed by atoms with Gasteiger partial charge < -0.3 is 5.73 Å². The average molecular weight is 307 g/mol. The molecule has 0 radical (unpaired) electrons. The zero-order valence-corrected chi connectivity index (χ0v) is 12.7. The van der Waals surface area contributed by atoms with Gasteiger partial charge in [0.05, 0.1) is 6.04 Å². The summed E-state index contributed by atoms with van der Waals surface area (Å²) in [5, 5.41) is 2.12. The Hall–Kier alpha value is -1.95. The van der Waals surface area contributed by atoms with Crippen molar-refractivity contribution in [2.75, 3.05) is 13.1 Å². The number of carbonyl (C=O) groups is 2. The van der Waals surface area contributed by atoms with E-state index in [1.165, 1.54) is 12.1 Å². The number of carbonyl (C=O) groups excluding carboxylic acids is 2. The van der Waals surface area contributed by atoms with Crippen LogP contribution in [0.4, 0.5) is 9.18 Å². The first-order valence-corrected chi connectivity index (χ1v) is 7.54. The van der Waals surface area contributed by atoms with E-state index in [9.17, 15) is 14.0 Å². The van der Waals surface area contributed by atoms with E-state index in [1.807, 2.05) is 12.1 Å². The summed E-state index contributed by atoms with van der Waals surface area (Å²) in [6.07, 6.45) is 2.88. The number of nitrogens with one attached hydrogen (secondary N) is 1. The number of halogens is 1. The Labute approximate surface area is 129 Å². The van der Waals surface area contributed by atoms with E-state index >= 15 is 0 Å². The summed E-state index contributed by atoms with van der Waals surface area (Å²) >= 11 is 0. The number of hydrogen-bond acceptors (Lipinski definition) is 3. The van der Waals surface area contributed by atoms with Gasteiger partial charge in [0.1, 0.15) is 5.82 Å². The highest BCUT2D eigenvalue weighted by molar-refractivity contribution is 5.96. The van der Waals surface area contributed by atoms with Gasteiger partial charge in [0.25, 0.3) is 0 Å². The molecule has 1 atom stereocenters. The van der Waals surface area contributed by atoms with Crippen molar-refractivity contribution in [3.8, 4) is 0 Å².